The number of hydrogen-bond donors (Lipinski definition) is 2. The van der Waals surface area contributed by atoms with Gasteiger partial charge in [-0.2, -0.15) is 0 Å². The molecule has 2 aromatic rings. The van der Waals surface area contributed by atoms with Crippen LogP contribution in [0.5, 0.6) is 0 Å². The maximum absolute atomic E-state index is 12.6. The highest BCUT2D eigenvalue weighted by atomic mass is 32.2. The summed E-state index contributed by atoms with van der Waals surface area (Å²) in [7, 11) is 0. The van der Waals surface area contributed by atoms with E-state index in [0.717, 1.165) is 51.2 Å². The number of hydrogen-bond acceptors (Lipinski definition) is 7. The van der Waals surface area contributed by atoms with Gasteiger partial charge in [-0.25, -0.2) is 0 Å². The third-order valence-electron chi connectivity index (χ3n) is 5.00. The minimum Gasteiger partial charge on any atom is -0.365 e. The number of amides is 4. The summed E-state index contributed by atoms with van der Waals surface area (Å²) >= 11 is 3.62. The predicted octanol–water partition coefficient (Wildman–Crippen LogP) is 3.71. The molecule has 0 spiro atoms. The fourth-order valence-corrected chi connectivity index (χ4v) is 6.54. The van der Waals surface area contributed by atoms with E-state index < -0.39 is 29.5 Å². The van der Waals surface area contributed by atoms with Crippen molar-refractivity contribution in [1.29, 1.82) is 0 Å². The van der Waals surface area contributed by atoms with Gasteiger partial charge in [0.1, 0.15) is 11.5 Å². The van der Waals surface area contributed by atoms with Crippen LogP contribution < -0.4 is 11.1 Å². The number of nitrogens with one attached hydrogen (secondary N) is 1. The van der Waals surface area contributed by atoms with Crippen molar-refractivity contribution in [2.24, 2.45) is 11.7 Å². The van der Waals surface area contributed by atoms with E-state index in [2.05, 4.69) is 12.2 Å². The lowest BCUT2D eigenvalue weighted by molar-refractivity contribution is -0.127. The van der Waals surface area contributed by atoms with Crippen LogP contribution in [-0.2, 0) is 22.4 Å². The van der Waals surface area contributed by atoms with E-state index in [4.69, 9.17) is 5.73 Å². The number of carbonyl (C=O) groups is 4. The summed E-state index contributed by atoms with van der Waals surface area (Å²) in [5.41, 5.74) is 6.83. The molecular formula is C20H19N3O4S3. The van der Waals surface area contributed by atoms with E-state index in [1.807, 2.05) is 17.5 Å². The summed E-state index contributed by atoms with van der Waals surface area (Å²) < 4.78 is 0. The highest BCUT2D eigenvalue weighted by Crippen LogP contribution is 2.39. The second-order valence-electron chi connectivity index (χ2n) is 7.25. The Morgan fingerprint density at radius 1 is 1.37 bits per heavy atom. The van der Waals surface area contributed by atoms with Gasteiger partial charge in [0, 0.05) is 9.75 Å². The lowest BCUT2D eigenvalue weighted by atomic mass is 9.88. The van der Waals surface area contributed by atoms with Gasteiger partial charge in [-0.1, -0.05) is 13.0 Å². The van der Waals surface area contributed by atoms with Crippen molar-refractivity contribution in [2.45, 2.75) is 26.2 Å². The van der Waals surface area contributed by atoms with Crippen molar-refractivity contribution in [3.8, 4) is 0 Å². The van der Waals surface area contributed by atoms with Crippen LogP contribution in [0.15, 0.2) is 22.4 Å². The molecule has 4 rings (SSSR count). The smallest absolute Gasteiger partial charge is 0.294 e. The minimum absolute atomic E-state index is 0.286. The summed E-state index contributed by atoms with van der Waals surface area (Å²) in [6.07, 6.45) is 4.20. The Hall–Kier alpha value is -2.43. The first-order valence-corrected chi connectivity index (χ1v) is 11.9. The van der Waals surface area contributed by atoms with E-state index in [1.54, 1.807) is 6.08 Å². The van der Waals surface area contributed by atoms with Gasteiger partial charge in [0.25, 0.3) is 17.1 Å². The summed E-state index contributed by atoms with van der Waals surface area (Å²) in [5, 5.41) is 4.48. The van der Waals surface area contributed by atoms with Crippen LogP contribution >= 0.6 is 34.4 Å². The third-order valence-corrected chi connectivity index (χ3v) is 7.90. The predicted molar refractivity (Wildman–Crippen MR) is 120 cm³/mol. The molecule has 10 heteroatoms. The topological polar surface area (TPSA) is 110 Å². The molecule has 3 N–H and O–H groups in total. The molecule has 0 bridgehead atoms. The molecule has 4 amide bonds. The molecule has 1 unspecified atom stereocenters. The summed E-state index contributed by atoms with van der Waals surface area (Å²) in [4.78, 5) is 52.6. The largest absolute Gasteiger partial charge is 0.365 e. The van der Waals surface area contributed by atoms with Crippen molar-refractivity contribution >= 4 is 68.5 Å². The van der Waals surface area contributed by atoms with Crippen molar-refractivity contribution in [1.82, 2.24) is 4.90 Å². The molecule has 30 heavy (non-hydrogen) atoms. The average molecular weight is 462 g/mol. The number of primary amides is 1. The Bertz CT molecular complexity index is 1070. The first-order valence-electron chi connectivity index (χ1n) is 9.36. The van der Waals surface area contributed by atoms with Gasteiger partial charge >= 0.3 is 0 Å². The standard InChI is InChI=1S/C20H19N3O4S3/c1-10-4-5-12-13(7-10)29-18(16(12)17(21)25)22-15(24)9-23-19(26)14(30-20(23)27)8-11-3-2-6-28-11/h2-3,6,8,10H,4-5,7,9H2,1H3,(H2,21,25)(H,22,24)/b14-8+. The van der Waals surface area contributed by atoms with Gasteiger partial charge < -0.3 is 11.1 Å². The lowest BCUT2D eigenvalue weighted by Gasteiger charge is -2.18. The van der Waals surface area contributed by atoms with Crippen molar-refractivity contribution in [2.75, 3.05) is 11.9 Å². The molecule has 0 saturated carbocycles. The third kappa shape index (κ3) is 4.07. The normalized spacial score (nSPS) is 20.0. The molecule has 2 aromatic heterocycles. The number of thiophene rings is 2. The first kappa shape index (κ1) is 20.8. The van der Waals surface area contributed by atoms with Crippen LogP contribution in [0.4, 0.5) is 9.80 Å². The van der Waals surface area contributed by atoms with Gasteiger partial charge in [-0.3, -0.25) is 24.1 Å². The van der Waals surface area contributed by atoms with Gasteiger partial charge in [-0.05, 0) is 60.0 Å². The van der Waals surface area contributed by atoms with Crippen molar-refractivity contribution < 1.29 is 19.2 Å². The fourth-order valence-electron chi connectivity index (χ4n) is 3.55. The number of fused-ring (bicyclic) bond motifs is 1. The molecule has 1 aliphatic heterocycles. The molecule has 1 atom stereocenters. The Kier molecular flexibility index (Phi) is 5.81. The monoisotopic (exact) mass is 461 g/mol. The molecule has 1 fully saturated rings. The Morgan fingerprint density at radius 3 is 2.87 bits per heavy atom. The van der Waals surface area contributed by atoms with E-state index in [-0.39, 0.29) is 4.91 Å². The highest BCUT2D eigenvalue weighted by molar-refractivity contribution is 8.18. The molecule has 2 aliphatic rings. The number of anilines is 1. The number of thioether (sulfide) groups is 1. The minimum atomic E-state index is -0.581. The van der Waals surface area contributed by atoms with Crippen LogP contribution in [-0.4, -0.2) is 34.4 Å². The van der Waals surface area contributed by atoms with Crippen molar-refractivity contribution in [3.05, 3.63) is 43.3 Å². The number of imide groups is 1. The molecule has 0 aromatic carbocycles. The molecule has 156 valence electrons. The zero-order valence-corrected chi connectivity index (χ0v) is 18.5. The van der Waals surface area contributed by atoms with Gasteiger partial charge in [-0.15, -0.1) is 22.7 Å². The number of carbonyl (C=O) groups excluding carboxylic acids is 4. The fraction of sp³-hybridized carbons (Fsp3) is 0.300. The average Bonchev–Trinajstić information content (AvgIpc) is 3.37. The Labute approximate surface area is 185 Å². The maximum Gasteiger partial charge on any atom is 0.294 e. The van der Waals surface area contributed by atoms with Crippen molar-refractivity contribution in [3.63, 3.8) is 0 Å². The van der Waals surface area contributed by atoms with Gasteiger partial charge in [0.15, 0.2) is 0 Å². The Balaban J connectivity index is 1.50. The van der Waals surface area contributed by atoms with Crippen LogP contribution in [0.1, 0.15) is 39.0 Å². The summed E-state index contributed by atoms with van der Waals surface area (Å²) in [6, 6.07) is 3.70. The van der Waals surface area contributed by atoms with Gasteiger partial charge in [0.2, 0.25) is 5.91 Å². The van der Waals surface area contributed by atoms with Crippen LogP contribution in [0.25, 0.3) is 6.08 Å². The SMILES string of the molecule is CC1CCc2c(sc(NC(=O)CN3C(=O)S/C(=C/c4cccs4)C3=O)c2C(N)=O)C1. The molecule has 0 radical (unpaired) electrons. The zero-order chi connectivity index (χ0) is 21.4. The number of nitrogens with zero attached hydrogens (tertiary/aromatic N) is 1. The maximum atomic E-state index is 12.6. The highest BCUT2D eigenvalue weighted by Gasteiger charge is 2.37. The molecule has 3 heterocycles. The second kappa shape index (κ2) is 8.37. The number of nitrogens with two attached hydrogens (primary N) is 1. The van der Waals surface area contributed by atoms with Crippen LogP contribution in [0.3, 0.4) is 0 Å². The van der Waals surface area contributed by atoms with E-state index >= 15 is 0 Å². The van der Waals surface area contributed by atoms with E-state index in [0.29, 0.717) is 16.5 Å². The zero-order valence-electron chi connectivity index (χ0n) is 16.1. The molecule has 1 aliphatic carbocycles. The summed E-state index contributed by atoms with van der Waals surface area (Å²) in [6.45, 7) is 1.73. The second-order valence-corrected chi connectivity index (χ2v) is 10.3. The number of rotatable bonds is 5. The quantitative estimate of drug-likeness (QED) is 0.660. The molecular weight excluding hydrogens is 442 g/mol. The summed E-state index contributed by atoms with van der Waals surface area (Å²) in [5.74, 6) is -1.11. The first-order chi connectivity index (χ1) is 14.3. The lowest BCUT2D eigenvalue weighted by Crippen LogP contribution is -2.36. The molecule has 7 nitrogen and oxygen atoms in total. The van der Waals surface area contributed by atoms with E-state index in [1.165, 1.54) is 22.7 Å². The Morgan fingerprint density at radius 2 is 2.17 bits per heavy atom. The van der Waals surface area contributed by atoms with E-state index in [9.17, 15) is 19.2 Å². The molecule has 1 saturated heterocycles. The van der Waals surface area contributed by atoms with Gasteiger partial charge in [0.05, 0.1) is 10.5 Å². The van der Waals surface area contributed by atoms with Crippen LogP contribution in [0, 0.1) is 5.92 Å². The van der Waals surface area contributed by atoms with Crippen LogP contribution in [0.2, 0.25) is 0 Å².